The molecule has 7 nitrogen and oxygen atoms in total. The Labute approximate surface area is 204 Å². The summed E-state index contributed by atoms with van der Waals surface area (Å²) in [7, 11) is -0.457. The van der Waals surface area contributed by atoms with E-state index in [-0.39, 0.29) is 6.61 Å². The molecule has 1 aliphatic heterocycles. The summed E-state index contributed by atoms with van der Waals surface area (Å²) in [4.78, 5) is 12.4. The molecule has 1 saturated heterocycles. The number of hydrogen-bond donors (Lipinski definition) is 1. The van der Waals surface area contributed by atoms with Crippen LogP contribution < -0.4 is 10.8 Å². The lowest BCUT2D eigenvalue weighted by Crippen LogP contribution is -2.41. The Kier molecular flexibility index (Phi) is 6.76. The van der Waals surface area contributed by atoms with Crippen LogP contribution in [0, 0.1) is 6.92 Å². The standard InChI is InChI=1S/C25H28BClN2O5/c1-16-21(28-23(30)31-15-14-17-8-6-7-9-20(17)27)22(32-29-16)18-10-12-19(13-11-18)26-33-24(2,3)25(4,5)34-26/h6-13H,14-15H2,1-5H3,(H,28,30). The minimum Gasteiger partial charge on any atom is -0.449 e. The van der Waals surface area contributed by atoms with Crippen molar-refractivity contribution >= 4 is 36.0 Å². The number of hydrogen-bond acceptors (Lipinski definition) is 6. The molecule has 1 aromatic heterocycles. The van der Waals surface area contributed by atoms with Gasteiger partial charge in [-0.2, -0.15) is 0 Å². The van der Waals surface area contributed by atoms with Gasteiger partial charge in [0.1, 0.15) is 11.4 Å². The number of amides is 1. The van der Waals surface area contributed by atoms with Gasteiger partial charge in [0, 0.05) is 17.0 Å². The third-order valence-corrected chi connectivity index (χ3v) is 6.72. The second kappa shape index (κ2) is 9.45. The van der Waals surface area contributed by atoms with Crippen LogP contribution in [-0.4, -0.2) is 36.2 Å². The fourth-order valence-corrected chi connectivity index (χ4v) is 3.81. The minimum atomic E-state index is -0.589. The summed E-state index contributed by atoms with van der Waals surface area (Å²) in [5.74, 6) is 0.445. The molecule has 0 spiro atoms. The van der Waals surface area contributed by atoms with Gasteiger partial charge < -0.3 is 18.6 Å². The number of anilines is 1. The van der Waals surface area contributed by atoms with E-state index in [1.54, 1.807) is 6.92 Å². The van der Waals surface area contributed by atoms with E-state index in [4.69, 9.17) is 30.2 Å². The first-order valence-electron chi connectivity index (χ1n) is 11.2. The van der Waals surface area contributed by atoms with Gasteiger partial charge in [0.15, 0.2) is 5.76 Å². The van der Waals surface area contributed by atoms with Gasteiger partial charge in [0.2, 0.25) is 0 Å². The van der Waals surface area contributed by atoms with Crippen molar-refractivity contribution in [2.75, 3.05) is 11.9 Å². The Morgan fingerprint density at radius 1 is 1.06 bits per heavy atom. The number of halogens is 1. The van der Waals surface area contributed by atoms with Gasteiger partial charge in [0.05, 0.1) is 17.8 Å². The van der Waals surface area contributed by atoms with Crippen molar-refractivity contribution in [1.29, 1.82) is 0 Å². The Balaban J connectivity index is 1.41. The molecule has 0 saturated carbocycles. The quantitative estimate of drug-likeness (QED) is 0.474. The van der Waals surface area contributed by atoms with Gasteiger partial charge in [-0.05, 0) is 51.7 Å². The maximum absolute atomic E-state index is 12.4. The normalized spacial score (nSPS) is 16.5. The lowest BCUT2D eigenvalue weighted by Gasteiger charge is -2.32. The van der Waals surface area contributed by atoms with Gasteiger partial charge in [-0.25, -0.2) is 4.79 Å². The summed E-state index contributed by atoms with van der Waals surface area (Å²) in [5.41, 5.74) is 2.75. The molecule has 1 aliphatic rings. The molecule has 2 heterocycles. The third kappa shape index (κ3) is 4.99. The molecule has 2 aromatic carbocycles. The second-order valence-electron chi connectivity index (χ2n) is 9.28. The number of ether oxygens (including phenoxy) is 1. The number of aromatic nitrogens is 1. The van der Waals surface area contributed by atoms with Crippen molar-refractivity contribution in [1.82, 2.24) is 5.16 Å². The number of carbonyl (C=O) groups is 1. The molecule has 34 heavy (non-hydrogen) atoms. The monoisotopic (exact) mass is 482 g/mol. The van der Waals surface area contributed by atoms with Crippen LogP contribution in [0.25, 0.3) is 11.3 Å². The molecule has 0 unspecified atom stereocenters. The number of benzene rings is 2. The maximum atomic E-state index is 12.4. The zero-order valence-corrected chi connectivity index (χ0v) is 20.7. The molecule has 0 atom stereocenters. The Bertz CT molecular complexity index is 1160. The van der Waals surface area contributed by atoms with E-state index in [0.29, 0.717) is 28.6 Å². The molecule has 3 aromatic rings. The Morgan fingerprint density at radius 2 is 1.71 bits per heavy atom. The number of nitrogens with one attached hydrogen (secondary N) is 1. The van der Waals surface area contributed by atoms with E-state index >= 15 is 0 Å². The topological polar surface area (TPSA) is 82.8 Å². The third-order valence-electron chi connectivity index (χ3n) is 6.35. The van der Waals surface area contributed by atoms with E-state index < -0.39 is 24.4 Å². The number of rotatable bonds is 6. The molecule has 1 fully saturated rings. The van der Waals surface area contributed by atoms with Crippen LogP contribution in [0.4, 0.5) is 10.5 Å². The molecule has 0 aliphatic carbocycles. The SMILES string of the molecule is Cc1noc(-c2ccc(B3OC(C)(C)C(C)(C)O3)cc2)c1NC(=O)OCCc1ccccc1Cl. The summed E-state index contributed by atoms with van der Waals surface area (Å²) in [6, 6.07) is 15.1. The molecule has 4 rings (SSSR count). The minimum absolute atomic E-state index is 0.192. The van der Waals surface area contributed by atoms with Gasteiger partial charge in [0.25, 0.3) is 0 Å². The van der Waals surface area contributed by atoms with Crippen molar-refractivity contribution in [3.05, 3.63) is 64.8 Å². The first-order valence-corrected chi connectivity index (χ1v) is 11.5. The molecular weight excluding hydrogens is 455 g/mol. The zero-order chi connectivity index (χ0) is 24.5. The van der Waals surface area contributed by atoms with E-state index in [1.165, 1.54) is 0 Å². The highest BCUT2D eigenvalue weighted by Crippen LogP contribution is 2.37. The predicted molar refractivity (Wildman–Crippen MR) is 133 cm³/mol. The number of carbonyl (C=O) groups excluding carboxylic acids is 1. The lowest BCUT2D eigenvalue weighted by atomic mass is 9.79. The highest BCUT2D eigenvalue weighted by molar-refractivity contribution is 6.62. The molecule has 1 N–H and O–H groups in total. The summed E-state index contributed by atoms with van der Waals surface area (Å²) < 4.78 is 23.1. The maximum Gasteiger partial charge on any atom is 0.494 e. The summed E-state index contributed by atoms with van der Waals surface area (Å²) in [6.45, 7) is 10.0. The first kappa shape index (κ1) is 24.3. The van der Waals surface area contributed by atoms with E-state index in [0.717, 1.165) is 16.6 Å². The van der Waals surface area contributed by atoms with E-state index in [2.05, 4.69) is 10.5 Å². The van der Waals surface area contributed by atoms with Gasteiger partial charge in [-0.3, -0.25) is 5.32 Å². The fourth-order valence-electron chi connectivity index (χ4n) is 3.58. The zero-order valence-electron chi connectivity index (χ0n) is 20.0. The number of aryl methyl sites for hydroxylation is 1. The molecule has 0 bridgehead atoms. The average Bonchev–Trinajstić information content (AvgIpc) is 3.24. The average molecular weight is 483 g/mol. The van der Waals surface area contributed by atoms with Gasteiger partial charge in [-0.1, -0.05) is 59.2 Å². The van der Waals surface area contributed by atoms with Crippen LogP contribution in [-0.2, 0) is 20.5 Å². The van der Waals surface area contributed by atoms with Crippen LogP contribution in [0.1, 0.15) is 39.0 Å². The Hall–Kier alpha value is -2.81. The van der Waals surface area contributed by atoms with Crippen molar-refractivity contribution in [3.8, 4) is 11.3 Å². The van der Waals surface area contributed by atoms with Crippen LogP contribution >= 0.6 is 11.6 Å². The van der Waals surface area contributed by atoms with Crippen LogP contribution in [0.15, 0.2) is 53.1 Å². The van der Waals surface area contributed by atoms with Crippen molar-refractivity contribution in [3.63, 3.8) is 0 Å². The summed E-state index contributed by atoms with van der Waals surface area (Å²) >= 11 is 6.15. The van der Waals surface area contributed by atoms with Crippen molar-refractivity contribution < 1.29 is 23.4 Å². The van der Waals surface area contributed by atoms with Crippen LogP contribution in [0.2, 0.25) is 5.02 Å². The Morgan fingerprint density at radius 3 is 2.35 bits per heavy atom. The lowest BCUT2D eigenvalue weighted by molar-refractivity contribution is 0.00578. The summed E-state index contributed by atoms with van der Waals surface area (Å²) in [6.07, 6.45) is -0.0726. The van der Waals surface area contributed by atoms with Crippen molar-refractivity contribution in [2.45, 2.75) is 52.2 Å². The van der Waals surface area contributed by atoms with Gasteiger partial charge in [-0.15, -0.1) is 0 Å². The highest BCUT2D eigenvalue weighted by atomic mass is 35.5. The smallest absolute Gasteiger partial charge is 0.449 e. The first-order chi connectivity index (χ1) is 16.1. The molecule has 1 amide bonds. The largest absolute Gasteiger partial charge is 0.494 e. The van der Waals surface area contributed by atoms with E-state index in [1.807, 2.05) is 76.2 Å². The van der Waals surface area contributed by atoms with Gasteiger partial charge >= 0.3 is 13.2 Å². The molecule has 178 valence electrons. The van der Waals surface area contributed by atoms with Crippen LogP contribution in [0.3, 0.4) is 0 Å². The van der Waals surface area contributed by atoms with Crippen molar-refractivity contribution in [2.24, 2.45) is 0 Å². The molecular formula is C25H28BClN2O5. The summed E-state index contributed by atoms with van der Waals surface area (Å²) in [5, 5.41) is 7.41. The number of nitrogens with zero attached hydrogens (tertiary/aromatic N) is 1. The predicted octanol–water partition coefficient (Wildman–Crippen LogP) is 5.39. The van der Waals surface area contributed by atoms with E-state index in [9.17, 15) is 4.79 Å². The fraction of sp³-hybridized carbons (Fsp3) is 0.360. The molecule has 9 heteroatoms. The highest BCUT2D eigenvalue weighted by Gasteiger charge is 2.51. The second-order valence-corrected chi connectivity index (χ2v) is 9.69. The molecule has 0 radical (unpaired) electrons. The van der Waals surface area contributed by atoms with Crippen LogP contribution in [0.5, 0.6) is 0 Å².